The summed E-state index contributed by atoms with van der Waals surface area (Å²) in [4.78, 5) is 23.1. The van der Waals surface area contributed by atoms with Crippen LogP contribution in [-0.2, 0) is 16.6 Å². The van der Waals surface area contributed by atoms with Gasteiger partial charge in [-0.05, 0) is 13.3 Å². The van der Waals surface area contributed by atoms with E-state index in [1.54, 1.807) is 14.0 Å². The topological polar surface area (TPSA) is 73.2 Å². The van der Waals surface area contributed by atoms with Gasteiger partial charge in [-0.3, -0.25) is 9.48 Å². The Labute approximate surface area is 99.9 Å². The monoisotopic (exact) mass is 239 g/mol. The molecule has 1 amide bonds. The molecule has 94 valence electrons. The van der Waals surface area contributed by atoms with Crippen LogP contribution in [0.1, 0.15) is 37.0 Å². The molecule has 0 aliphatic heterocycles. The Morgan fingerprint density at radius 2 is 2.18 bits per heavy atom. The van der Waals surface area contributed by atoms with Crippen LogP contribution in [0, 0.1) is 0 Å². The third-order valence-corrected chi connectivity index (χ3v) is 2.17. The van der Waals surface area contributed by atoms with Crippen LogP contribution < -0.4 is 5.32 Å². The zero-order chi connectivity index (χ0) is 12.8. The average Bonchev–Trinajstić information content (AvgIpc) is 2.61. The smallest absolute Gasteiger partial charge is 0.343 e. The summed E-state index contributed by atoms with van der Waals surface area (Å²) in [7, 11) is 1.66. The summed E-state index contributed by atoms with van der Waals surface area (Å²) in [5, 5.41) is 6.59. The van der Waals surface area contributed by atoms with Crippen molar-refractivity contribution in [3.8, 4) is 0 Å². The third-order valence-electron chi connectivity index (χ3n) is 2.17. The zero-order valence-corrected chi connectivity index (χ0v) is 10.3. The fraction of sp³-hybridized carbons (Fsp3) is 0.545. The van der Waals surface area contributed by atoms with Crippen molar-refractivity contribution in [1.82, 2.24) is 9.78 Å². The van der Waals surface area contributed by atoms with Crippen molar-refractivity contribution in [3.63, 3.8) is 0 Å². The first kappa shape index (κ1) is 13.2. The molecule has 0 aliphatic rings. The number of hydrogen-bond donors (Lipinski definition) is 1. The minimum absolute atomic E-state index is 0.137. The van der Waals surface area contributed by atoms with Gasteiger partial charge in [0, 0.05) is 13.5 Å². The van der Waals surface area contributed by atoms with Crippen LogP contribution in [-0.4, -0.2) is 28.3 Å². The van der Waals surface area contributed by atoms with Crippen LogP contribution in [0.3, 0.4) is 0 Å². The number of anilines is 1. The van der Waals surface area contributed by atoms with Crippen molar-refractivity contribution in [2.75, 3.05) is 11.9 Å². The van der Waals surface area contributed by atoms with Crippen molar-refractivity contribution < 1.29 is 14.3 Å². The number of rotatable bonds is 5. The molecule has 0 spiro atoms. The molecule has 6 nitrogen and oxygen atoms in total. The van der Waals surface area contributed by atoms with Crippen LogP contribution in [0.15, 0.2) is 6.20 Å². The molecule has 0 unspecified atom stereocenters. The normalized spacial score (nSPS) is 10.1. The highest BCUT2D eigenvalue weighted by molar-refractivity contribution is 6.00. The first-order chi connectivity index (χ1) is 8.10. The largest absolute Gasteiger partial charge is 0.462 e. The van der Waals surface area contributed by atoms with Crippen LogP contribution in [0.2, 0.25) is 0 Å². The van der Waals surface area contributed by atoms with Gasteiger partial charge in [-0.1, -0.05) is 6.92 Å². The van der Waals surface area contributed by atoms with E-state index in [2.05, 4.69) is 10.4 Å². The van der Waals surface area contributed by atoms with Crippen LogP contribution >= 0.6 is 0 Å². The SMILES string of the molecule is CCCC(=O)Nc1c(C(=O)OCC)cnn1C. The summed E-state index contributed by atoms with van der Waals surface area (Å²) in [6.45, 7) is 3.93. The number of hydrogen-bond acceptors (Lipinski definition) is 4. The number of carbonyl (C=O) groups excluding carboxylic acids is 2. The third kappa shape index (κ3) is 3.30. The van der Waals surface area contributed by atoms with Gasteiger partial charge in [-0.25, -0.2) is 4.79 Å². The fourth-order valence-electron chi connectivity index (χ4n) is 1.37. The summed E-state index contributed by atoms with van der Waals surface area (Å²) < 4.78 is 6.32. The molecule has 0 bridgehead atoms. The van der Waals surface area contributed by atoms with Crippen molar-refractivity contribution in [2.24, 2.45) is 7.05 Å². The van der Waals surface area contributed by atoms with E-state index in [-0.39, 0.29) is 18.1 Å². The summed E-state index contributed by atoms with van der Waals surface area (Å²) in [6, 6.07) is 0. The van der Waals surface area contributed by atoms with Crippen molar-refractivity contribution in [3.05, 3.63) is 11.8 Å². The molecule has 0 aromatic carbocycles. The molecule has 1 N–H and O–H groups in total. The maximum absolute atomic E-state index is 11.6. The lowest BCUT2D eigenvalue weighted by atomic mass is 10.3. The van der Waals surface area contributed by atoms with E-state index >= 15 is 0 Å². The van der Waals surface area contributed by atoms with E-state index in [4.69, 9.17) is 4.74 Å². The summed E-state index contributed by atoms with van der Waals surface area (Å²) >= 11 is 0. The molecule has 0 saturated heterocycles. The molecule has 0 radical (unpaired) electrons. The zero-order valence-electron chi connectivity index (χ0n) is 10.3. The van der Waals surface area contributed by atoms with Gasteiger partial charge in [0.15, 0.2) is 0 Å². The van der Waals surface area contributed by atoms with Crippen molar-refractivity contribution in [2.45, 2.75) is 26.7 Å². The maximum Gasteiger partial charge on any atom is 0.343 e. The highest BCUT2D eigenvalue weighted by Gasteiger charge is 2.18. The molecular weight excluding hydrogens is 222 g/mol. The highest BCUT2D eigenvalue weighted by Crippen LogP contribution is 2.15. The standard InChI is InChI=1S/C11H17N3O3/c1-4-6-9(15)13-10-8(7-12-14(10)3)11(16)17-5-2/h7H,4-6H2,1-3H3,(H,13,15). The van der Waals surface area contributed by atoms with E-state index in [1.165, 1.54) is 10.9 Å². The highest BCUT2D eigenvalue weighted by atomic mass is 16.5. The van der Waals surface area contributed by atoms with E-state index in [0.29, 0.717) is 12.2 Å². The van der Waals surface area contributed by atoms with E-state index in [1.807, 2.05) is 6.92 Å². The molecular formula is C11H17N3O3. The lowest BCUT2D eigenvalue weighted by Gasteiger charge is -2.07. The minimum Gasteiger partial charge on any atom is -0.462 e. The minimum atomic E-state index is -0.479. The molecule has 0 saturated carbocycles. The lowest BCUT2D eigenvalue weighted by Crippen LogP contribution is -2.16. The first-order valence-corrected chi connectivity index (χ1v) is 5.59. The number of ether oxygens (including phenoxy) is 1. The number of aromatic nitrogens is 2. The quantitative estimate of drug-likeness (QED) is 0.787. The van der Waals surface area contributed by atoms with Gasteiger partial charge in [-0.2, -0.15) is 5.10 Å². The number of esters is 1. The Balaban J connectivity index is 2.86. The van der Waals surface area contributed by atoms with Gasteiger partial charge in [0.1, 0.15) is 11.4 Å². The lowest BCUT2D eigenvalue weighted by molar-refractivity contribution is -0.116. The van der Waals surface area contributed by atoms with Gasteiger partial charge >= 0.3 is 5.97 Å². The molecule has 1 rings (SSSR count). The molecule has 0 fully saturated rings. The van der Waals surface area contributed by atoms with Gasteiger partial charge < -0.3 is 10.1 Å². The van der Waals surface area contributed by atoms with Crippen molar-refractivity contribution in [1.29, 1.82) is 0 Å². The van der Waals surface area contributed by atoms with Crippen LogP contribution in [0.4, 0.5) is 5.82 Å². The van der Waals surface area contributed by atoms with Crippen molar-refractivity contribution >= 4 is 17.7 Å². The van der Waals surface area contributed by atoms with E-state index in [9.17, 15) is 9.59 Å². The van der Waals surface area contributed by atoms with E-state index < -0.39 is 5.97 Å². The van der Waals surface area contributed by atoms with Gasteiger partial charge in [0.05, 0.1) is 12.8 Å². The first-order valence-electron chi connectivity index (χ1n) is 5.59. The molecule has 17 heavy (non-hydrogen) atoms. The number of nitrogens with zero attached hydrogens (tertiary/aromatic N) is 2. The molecule has 6 heteroatoms. The molecule has 1 aromatic heterocycles. The number of carbonyl (C=O) groups is 2. The molecule has 0 aliphatic carbocycles. The summed E-state index contributed by atoms with van der Waals surface area (Å²) in [5.74, 6) is -0.240. The number of aryl methyl sites for hydroxylation is 1. The van der Waals surface area contributed by atoms with Gasteiger partial charge in [0.25, 0.3) is 0 Å². The second kappa shape index (κ2) is 6.03. The molecule has 1 aromatic rings. The predicted molar refractivity (Wildman–Crippen MR) is 62.7 cm³/mol. The second-order valence-corrected chi connectivity index (χ2v) is 3.55. The maximum atomic E-state index is 11.6. The molecule has 1 heterocycles. The Morgan fingerprint density at radius 1 is 1.47 bits per heavy atom. The van der Waals surface area contributed by atoms with E-state index in [0.717, 1.165) is 6.42 Å². The van der Waals surface area contributed by atoms with Crippen LogP contribution in [0.25, 0.3) is 0 Å². The summed E-state index contributed by atoms with van der Waals surface area (Å²) in [5.41, 5.74) is 0.277. The number of amides is 1. The fourth-order valence-corrected chi connectivity index (χ4v) is 1.37. The number of nitrogens with one attached hydrogen (secondary N) is 1. The van der Waals surface area contributed by atoms with Gasteiger partial charge in [0.2, 0.25) is 5.91 Å². The Morgan fingerprint density at radius 3 is 2.76 bits per heavy atom. The van der Waals surface area contributed by atoms with Crippen LogP contribution in [0.5, 0.6) is 0 Å². The predicted octanol–water partition coefficient (Wildman–Crippen LogP) is 1.34. The Kier molecular flexibility index (Phi) is 4.68. The molecule has 0 atom stereocenters. The average molecular weight is 239 g/mol. The Hall–Kier alpha value is -1.85. The second-order valence-electron chi connectivity index (χ2n) is 3.55. The summed E-state index contributed by atoms with van der Waals surface area (Å²) in [6.07, 6.45) is 2.55. The van der Waals surface area contributed by atoms with Gasteiger partial charge in [-0.15, -0.1) is 0 Å². The Bertz CT molecular complexity index is 412.